The molecular weight excluding hydrogens is 217 g/mol. The Balaban J connectivity index is 3.36. The molecule has 0 aliphatic rings. The first-order valence-corrected chi connectivity index (χ1v) is 9.33. The lowest BCUT2D eigenvalue weighted by atomic mass is 10.4. The fourth-order valence-corrected chi connectivity index (χ4v) is 6.39. The summed E-state index contributed by atoms with van der Waals surface area (Å²) < 4.78 is 0. The first-order valence-electron chi connectivity index (χ1n) is 4.80. The van der Waals surface area contributed by atoms with Crippen LogP contribution in [0.15, 0.2) is 0 Å². The summed E-state index contributed by atoms with van der Waals surface area (Å²) in [5.41, 5.74) is 0. The molecular formula is C9H18NPS2. The van der Waals surface area contributed by atoms with E-state index in [2.05, 4.69) is 19.7 Å². The van der Waals surface area contributed by atoms with Gasteiger partial charge in [-0.05, 0) is 24.3 Å². The van der Waals surface area contributed by atoms with E-state index in [-0.39, 0.29) is 0 Å². The highest BCUT2D eigenvalue weighted by molar-refractivity contribution is 8.89. The quantitative estimate of drug-likeness (QED) is 0.444. The second-order valence-electron chi connectivity index (χ2n) is 2.73. The van der Waals surface area contributed by atoms with Crippen molar-refractivity contribution in [3.05, 3.63) is 0 Å². The molecule has 0 aromatic carbocycles. The Labute approximate surface area is 91.3 Å². The third-order valence-electron chi connectivity index (χ3n) is 1.49. The Morgan fingerprint density at radius 3 is 1.85 bits per heavy atom. The molecule has 0 N–H and O–H groups in total. The van der Waals surface area contributed by atoms with Crippen molar-refractivity contribution in [1.82, 2.24) is 0 Å². The van der Waals surface area contributed by atoms with Gasteiger partial charge in [-0.15, -0.1) is 22.8 Å². The number of hydrogen-bond donors (Lipinski definition) is 0. The zero-order valence-corrected chi connectivity index (χ0v) is 11.0. The van der Waals surface area contributed by atoms with E-state index in [0.29, 0.717) is 0 Å². The van der Waals surface area contributed by atoms with Crippen LogP contribution in [0.3, 0.4) is 0 Å². The molecule has 76 valence electrons. The summed E-state index contributed by atoms with van der Waals surface area (Å²) in [6, 6.07) is 0. The minimum absolute atomic E-state index is 0.443. The molecule has 0 heterocycles. The molecule has 0 aromatic heterocycles. The summed E-state index contributed by atoms with van der Waals surface area (Å²) in [7, 11) is 0. The molecule has 0 radical (unpaired) electrons. The average Bonchev–Trinajstić information content (AvgIpc) is 2.16. The molecule has 4 heteroatoms. The minimum Gasteiger partial charge on any atom is -0.192 e. The van der Waals surface area contributed by atoms with Crippen molar-refractivity contribution in [1.29, 1.82) is 5.26 Å². The molecule has 0 unspecified atom stereocenters. The van der Waals surface area contributed by atoms with E-state index in [1.54, 1.807) is 0 Å². The lowest BCUT2D eigenvalue weighted by molar-refractivity contribution is 0.898. The number of nitriles is 1. The van der Waals surface area contributed by atoms with Crippen LogP contribution in [0, 0.1) is 11.1 Å². The summed E-state index contributed by atoms with van der Waals surface area (Å²) in [5.74, 6) is 4.73. The molecule has 0 bridgehead atoms. The third-order valence-corrected chi connectivity index (χ3v) is 7.96. The molecule has 0 fully saturated rings. The molecule has 0 rings (SSSR count). The van der Waals surface area contributed by atoms with Crippen LogP contribution >= 0.6 is 29.1 Å². The van der Waals surface area contributed by atoms with E-state index in [0.717, 1.165) is 11.5 Å². The first-order chi connectivity index (χ1) is 6.35. The molecule has 0 saturated heterocycles. The zero-order valence-electron chi connectivity index (χ0n) is 8.45. The van der Waals surface area contributed by atoms with E-state index in [1.165, 1.54) is 25.7 Å². The Kier molecular flexibility index (Phi) is 11.2. The SMILES string of the molecule is CCCCSP(C#N)SCCCC. The van der Waals surface area contributed by atoms with Gasteiger partial charge in [0.25, 0.3) is 0 Å². The standard InChI is InChI=1S/C9H18NPS2/c1-3-5-7-12-11(9-10)13-8-6-4-2/h3-8H2,1-2H3. The lowest BCUT2D eigenvalue weighted by Gasteiger charge is -2.06. The summed E-state index contributed by atoms with van der Waals surface area (Å²) in [6.07, 6.45) is 4.53. The van der Waals surface area contributed by atoms with Gasteiger partial charge in [0.05, 0.1) is 0 Å². The number of unbranched alkanes of at least 4 members (excludes halogenated alkanes) is 2. The molecule has 0 aliphatic heterocycles. The Morgan fingerprint density at radius 1 is 1.08 bits per heavy atom. The van der Waals surface area contributed by atoms with Gasteiger partial charge in [-0.1, -0.05) is 26.7 Å². The summed E-state index contributed by atoms with van der Waals surface area (Å²) in [6.45, 7) is 4.39. The van der Waals surface area contributed by atoms with E-state index >= 15 is 0 Å². The molecule has 0 aliphatic carbocycles. The van der Waals surface area contributed by atoms with Crippen molar-refractivity contribution in [2.45, 2.75) is 39.5 Å². The first kappa shape index (κ1) is 13.6. The van der Waals surface area contributed by atoms with Crippen LogP contribution in [0.2, 0.25) is 0 Å². The van der Waals surface area contributed by atoms with Gasteiger partial charge in [-0.25, -0.2) is 0 Å². The van der Waals surface area contributed by atoms with Crippen LogP contribution in [-0.2, 0) is 0 Å². The number of rotatable bonds is 8. The molecule has 0 atom stereocenters. The molecule has 0 aromatic rings. The van der Waals surface area contributed by atoms with Gasteiger partial charge in [0.15, 0.2) is 0 Å². The van der Waals surface area contributed by atoms with Crippen LogP contribution in [-0.4, -0.2) is 11.5 Å². The van der Waals surface area contributed by atoms with Crippen LogP contribution in [0.4, 0.5) is 0 Å². The average molecular weight is 235 g/mol. The van der Waals surface area contributed by atoms with Crippen molar-refractivity contribution in [2.24, 2.45) is 0 Å². The molecule has 0 amide bonds. The van der Waals surface area contributed by atoms with Gasteiger partial charge < -0.3 is 0 Å². The maximum atomic E-state index is 8.86. The fourth-order valence-electron chi connectivity index (χ4n) is 0.679. The summed E-state index contributed by atoms with van der Waals surface area (Å²) in [5, 5.41) is 8.86. The largest absolute Gasteiger partial charge is 0.192 e. The predicted molar refractivity (Wildman–Crippen MR) is 67.3 cm³/mol. The van der Waals surface area contributed by atoms with Crippen molar-refractivity contribution >= 4 is 29.1 Å². The Bertz CT molecular complexity index is 137. The maximum absolute atomic E-state index is 8.86. The van der Waals surface area contributed by atoms with Gasteiger partial charge in [0.2, 0.25) is 0 Å². The maximum Gasteiger partial charge on any atom is 0.122 e. The van der Waals surface area contributed by atoms with Crippen molar-refractivity contribution in [3.8, 4) is 5.81 Å². The summed E-state index contributed by atoms with van der Waals surface area (Å²) in [4.78, 5) is 0. The topological polar surface area (TPSA) is 23.8 Å². The van der Waals surface area contributed by atoms with E-state index in [4.69, 9.17) is 5.26 Å². The minimum atomic E-state index is -0.443. The van der Waals surface area contributed by atoms with Gasteiger partial charge in [-0.3, -0.25) is 0 Å². The van der Waals surface area contributed by atoms with Gasteiger partial charge in [0, 0.05) is 0 Å². The van der Waals surface area contributed by atoms with Crippen LogP contribution in [0.5, 0.6) is 0 Å². The third kappa shape index (κ3) is 8.94. The second-order valence-corrected chi connectivity index (χ2v) is 9.21. The Hall–Kier alpha value is 0.620. The van der Waals surface area contributed by atoms with Gasteiger partial charge >= 0.3 is 0 Å². The highest BCUT2D eigenvalue weighted by Crippen LogP contribution is 2.60. The molecule has 0 saturated carbocycles. The van der Waals surface area contributed by atoms with Crippen LogP contribution in [0.1, 0.15) is 39.5 Å². The monoisotopic (exact) mass is 235 g/mol. The Morgan fingerprint density at radius 2 is 1.54 bits per heavy atom. The van der Waals surface area contributed by atoms with E-state index in [9.17, 15) is 0 Å². The van der Waals surface area contributed by atoms with Crippen molar-refractivity contribution in [2.75, 3.05) is 11.5 Å². The van der Waals surface area contributed by atoms with Crippen LogP contribution in [0.25, 0.3) is 0 Å². The predicted octanol–water partition coefficient (Wildman–Crippen LogP) is 4.85. The second kappa shape index (κ2) is 10.7. The van der Waals surface area contributed by atoms with Crippen molar-refractivity contribution in [3.63, 3.8) is 0 Å². The fraction of sp³-hybridized carbons (Fsp3) is 0.889. The molecule has 1 nitrogen and oxygen atoms in total. The zero-order chi connectivity index (χ0) is 9.94. The lowest BCUT2D eigenvalue weighted by Crippen LogP contribution is -1.76. The van der Waals surface area contributed by atoms with Gasteiger partial charge in [-0.2, -0.15) is 5.26 Å². The number of hydrogen-bond acceptors (Lipinski definition) is 3. The summed E-state index contributed by atoms with van der Waals surface area (Å²) >= 11 is 3.73. The molecule has 13 heavy (non-hydrogen) atoms. The molecule has 0 spiro atoms. The van der Waals surface area contributed by atoms with E-state index in [1.807, 2.05) is 22.8 Å². The van der Waals surface area contributed by atoms with E-state index < -0.39 is 6.33 Å². The highest BCUT2D eigenvalue weighted by Gasteiger charge is 2.06. The highest BCUT2D eigenvalue weighted by atomic mass is 33.1. The van der Waals surface area contributed by atoms with Crippen LogP contribution < -0.4 is 0 Å². The van der Waals surface area contributed by atoms with Gasteiger partial charge in [0.1, 0.15) is 12.1 Å². The number of nitrogens with zero attached hydrogens (tertiary/aromatic N) is 1. The smallest absolute Gasteiger partial charge is 0.122 e. The van der Waals surface area contributed by atoms with Crippen molar-refractivity contribution < 1.29 is 0 Å². The normalized spacial score (nSPS) is 10.3.